The lowest BCUT2D eigenvalue weighted by molar-refractivity contribution is -0.150. The van der Waals surface area contributed by atoms with E-state index in [2.05, 4.69) is 60.9 Å². The summed E-state index contributed by atoms with van der Waals surface area (Å²) in [4.78, 5) is 47.6. The SMILES string of the molecule is CCCCCC/C=C\C/C=C\CCCCCCCC(=O)OC(CCC/C=C\CCCCCCCCCC)CCCCCCCC(=O)NCC(=O)NC(CO)C(=O)O. The molecule has 9 heteroatoms. The lowest BCUT2D eigenvalue weighted by Crippen LogP contribution is -2.47. The Kier molecular flexibility index (Phi) is 40.5. The number of carbonyl (C=O) groups is 4. The number of hydrogen-bond donors (Lipinski definition) is 4. The molecule has 330 valence electrons. The van der Waals surface area contributed by atoms with Crippen molar-refractivity contribution in [3.8, 4) is 0 Å². The lowest BCUT2D eigenvalue weighted by Gasteiger charge is -2.18. The van der Waals surface area contributed by atoms with Crippen molar-refractivity contribution < 1.29 is 34.1 Å². The minimum Gasteiger partial charge on any atom is -0.480 e. The number of amides is 2. The van der Waals surface area contributed by atoms with Crippen LogP contribution in [0.25, 0.3) is 0 Å². The molecule has 0 heterocycles. The van der Waals surface area contributed by atoms with Gasteiger partial charge in [0.25, 0.3) is 0 Å². The van der Waals surface area contributed by atoms with Gasteiger partial charge in [0.1, 0.15) is 12.1 Å². The minimum absolute atomic E-state index is 0.0511. The Balaban J connectivity index is 4.37. The summed E-state index contributed by atoms with van der Waals surface area (Å²) in [6.07, 6.45) is 48.8. The summed E-state index contributed by atoms with van der Waals surface area (Å²) in [5, 5.41) is 22.6. The molecule has 0 aromatic rings. The van der Waals surface area contributed by atoms with Crippen LogP contribution in [-0.4, -0.2) is 59.3 Å². The molecule has 57 heavy (non-hydrogen) atoms. The molecule has 0 bridgehead atoms. The van der Waals surface area contributed by atoms with Crippen molar-refractivity contribution in [1.82, 2.24) is 10.6 Å². The van der Waals surface area contributed by atoms with Crippen LogP contribution in [0.2, 0.25) is 0 Å². The Bertz CT molecular complexity index is 1060. The number of hydrogen-bond acceptors (Lipinski definition) is 6. The van der Waals surface area contributed by atoms with E-state index < -0.39 is 24.5 Å². The van der Waals surface area contributed by atoms with Crippen molar-refractivity contribution in [2.24, 2.45) is 0 Å². The molecule has 0 aliphatic heterocycles. The van der Waals surface area contributed by atoms with E-state index in [1.807, 2.05) is 0 Å². The summed E-state index contributed by atoms with van der Waals surface area (Å²) in [6.45, 7) is 3.47. The first-order valence-electron chi connectivity index (χ1n) is 23.4. The number of carboxylic acids is 1. The molecule has 2 unspecified atom stereocenters. The monoisotopic (exact) mass is 803 g/mol. The third kappa shape index (κ3) is 39.7. The van der Waals surface area contributed by atoms with Gasteiger partial charge in [0.15, 0.2) is 0 Å². The smallest absolute Gasteiger partial charge is 0.328 e. The zero-order chi connectivity index (χ0) is 41.9. The highest BCUT2D eigenvalue weighted by Crippen LogP contribution is 2.18. The lowest BCUT2D eigenvalue weighted by atomic mass is 10.0. The van der Waals surface area contributed by atoms with Crippen molar-refractivity contribution in [3.05, 3.63) is 36.5 Å². The standard InChI is InChI=1S/C48H86N2O7/c1-3-5-7-9-11-13-15-17-18-19-21-23-25-27-32-36-40-47(54)57-43(37-33-29-26-24-22-20-16-14-12-10-8-6-4-2)38-34-30-28-31-35-39-45(52)49-41-46(53)50-44(42-51)48(55)56/h13,15,18-19,24,26,43-44,51H,3-12,14,16-17,20-23,25,27-42H2,1-2H3,(H,49,52)(H,50,53)(H,55,56)/b15-13-,19-18-,26-24-. The molecule has 0 spiro atoms. The largest absolute Gasteiger partial charge is 0.480 e. The van der Waals surface area contributed by atoms with Gasteiger partial charge in [0.2, 0.25) is 11.8 Å². The second-order valence-corrected chi connectivity index (χ2v) is 15.8. The number of carbonyl (C=O) groups excluding carboxylic acids is 3. The van der Waals surface area contributed by atoms with Crippen LogP contribution in [0.3, 0.4) is 0 Å². The molecule has 0 fully saturated rings. The highest BCUT2D eigenvalue weighted by Gasteiger charge is 2.19. The maximum Gasteiger partial charge on any atom is 0.328 e. The van der Waals surface area contributed by atoms with Gasteiger partial charge in [-0.15, -0.1) is 0 Å². The van der Waals surface area contributed by atoms with Crippen LogP contribution >= 0.6 is 0 Å². The molecule has 9 nitrogen and oxygen atoms in total. The maximum atomic E-state index is 12.8. The zero-order valence-electron chi connectivity index (χ0n) is 36.6. The number of allylic oxidation sites excluding steroid dienone is 6. The topological polar surface area (TPSA) is 142 Å². The van der Waals surface area contributed by atoms with Crippen molar-refractivity contribution in [1.29, 1.82) is 0 Å². The molecule has 0 aliphatic carbocycles. The molecule has 2 amide bonds. The Morgan fingerprint density at radius 1 is 0.526 bits per heavy atom. The quantitative estimate of drug-likeness (QED) is 0.0273. The molecular formula is C48H86N2O7. The summed E-state index contributed by atoms with van der Waals surface area (Å²) >= 11 is 0. The van der Waals surface area contributed by atoms with E-state index in [9.17, 15) is 19.2 Å². The Morgan fingerprint density at radius 2 is 0.965 bits per heavy atom. The summed E-state index contributed by atoms with van der Waals surface area (Å²) in [5.74, 6) is -2.32. The number of nitrogens with one attached hydrogen (secondary N) is 2. The number of rotatable bonds is 42. The van der Waals surface area contributed by atoms with Crippen LogP contribution in [0.15, 0.2) is 36.5 Å². The fourth-order valence-corrected chi connectivity index (χ4v) is 6.75. The molecule has 0 aromatic heterocycles. The fourth-order valence-electron chi connectivity index (χ4n) is 6.75. The number of aliphatic hydroxyl groups excluding tert-OH is 1. The van der Waals surface area contributed by atoms with Crippen molar-refractivity contribution >= 4 is 23.8 Å². The highest BCUT2D eigenvalue weighted by atomic mass is 16.5. The maximum absolute atomic E-state index is 12.8. The summed E-state index contributed by atoms with van der Waals surface area (Å²) in [5.41, 5.74) is 0. The molecule has 2 atom stereocenters. The summed E-state index contributed by atoms with van der Waals surface area (Å²) in [6, 6.07) is -1.39. The first-order valence-corrected chi connectivity index (χ1v) is 23.4. The normalized spacial score (nSPS) is 12.8. The van der Waals surface area contributed by atoms with Crippen LogP contribution in [0.5, 0.6) is 0 Å². The second-order valence-electron chi connectivity index (χ2n) is 15.8. The van der Waals surface area contributed by atoms with Crippen LogP contribution in [0, 0.1) is 0 Å². The molecule has 4 N–H and O–H groups in total. The molecule has 0 radical (unpaired) electrons. The van der Waals surface area contributed by atoms with E-state index in [1.54, 1.807) is 0 Å². The van der Waals surface area contributed by atoms with E-state index >= 15 is 0 Å². The fraction of sp³-hybridized carbons (Fsp3) is 0.792. The minimum atomic E-state index is -1.39. The zero-order valence-corrected chi connectivity index (χ0v) is 36.6. The Hall–Kier alpha value is -2.94. The third-order valence-corrected chi connectivity index (χ3v) is 10.4. The number of unbranched alkanes of at least 4 members (excludes halogenated alkanes) is 22. The molecule has 0 saturated heterocycles. The van der Waals surface area contributed by atoms with E-state index in [0.29, 0.717) is 12.8 Å². The van der Waals surface area contributed by atoms with Crippen molar-refractivity contribution in [3.63, 3.8) is 0 Å². The molecule has 0 aromatic carbocycles. The second kappa shape index (κ2) is 42.7. The van der Waals surface area contributed by atoms with Gasteiger partial charge in [0.05, 0.1) is 13.2 Å². The van der Waals surface area contributed by atoms with E-state index in [1.165, 1.54) is 96.3 Å². The van der Waals surface area contributed by atoms with Crippen LogP contribution < -0.4 is 10.6 Å². The van der Waals surface area contributed by atoms with Gasteiger partial charge in [-0.3, -0.25) is 14.4 Å². The Labute approximate surface area is 348 Å². The summed E-state index contributed by atoms with van der Waals surface area (Å²) in [7, 11) is 0. The van der Waals surface area contributed by atoms with E-state index in [0.717, 1.165) is 89.9 Å². The number of carboxylic acid groups (broad SMARTS) is 1. The van der Waals surface area contributed by atoms with Gasteiger partial charge in [-0.1, -0.05) is 153 Å². The van der Waals surface area contributed by atoms with E-state index in [-0.39, 0.29) is 30.9 Å². The van der Waals surface area contributed by atoms with Crippen LogP contribution in [0.1, 0.15) is 219 Å². The predicted molar refractivity (Wildman–Crippen MR) is 236 cm³/mol. The van der Waals surface area contributed by atoms with Gasteiger partial charge in [-0.2, -0.15) is 0 Å². The molecule has 0 rings (SSSR count). The third-order valence-electron chi connectivity index (χ3n) is 10.4. The molecule has 0 saturated carbocycles. The van der Waals surface area contributed by atoms with Gasteiger partial charge >= 0.3 is 11.9 Å². The number of ether oxygens (including phenoxy) is 1. The number of aliphatic hydroxyl groups is 1. The summed E-state index contributed by atoms with van der Waals surface area (Å²) < 4.78 is 6.02. The first-order chi connectivity index (χ1) is 27.8. The number of esters is 1. The van der Waals surface area contributed by atoms with Gasteiger partial charge in [-0.25, -0.2) is 4.79 Å². The molecule has 0 aliphatic rings. The predicted octanol–water partition coefficient (Wildman–Crippen LogP) is 11.8. The first kappa shape index (κ1) is 54.1. The Morgan fingerprint density at radius 3 is 1.51 bits per heavy atom. The molecular weight excluding hydrogens is 717 g/mol. The van der Waals surface area contributed by atoms with Gasteiger partial charge < -0.3 is 25.6 Å². The average molecular weight is 803 g/mol. The van der Waals surface area contributed by atoms with Crippen molar-refractivity contribution in [2.75, 3.05) is 13.2 Å². The van der Waals surface area contributed by atoms with Crippen LogP contribution in [-0.2, 0) is 23.9 Å². The van der Waals surface area contributed by atoms with Crippen LogP contribution in [0.4, 0.5) is 0 Å². The highest BCUT2D eigenvalue weighted by molar-refractivity contribution is 5.87. The van der Waals surface area contributed by atoms with Gasteiger partial charge in [-0.05, 0) is 89.9 Å². The van der Waals surface area contributed by atoms with E-state index in [4.69, 9.17) is 14.9 Å². The average Bonchev–Trinajstić information content (AvgIpc) is 3.20. The van der Waals surface area contributed by atoms with Crippen molar-refractivity contribution in [2.45, 2.75) is 231 Å². The number of aliphatic carboxylic acids is 1. The van der Waals surface area contributed by atoms with Gasteiger partial charge in [0, 0.05) is 12.8 Å².